The van der Waals surface area contributed by atoms with Gasteiger partial charge in [0.2, 0.25) is 0 Å². The number of carbonyl (C=O) groups is 1. The van der Waals surface area contributed by atoms with Crippen LogP contribution in [0.25, 0.3) is 16.9 Å². The summed E-state index contributed by atoms with van der Waals surface area (Å²) in [5.41, 5.74) is 3.27. The summed E-state index contributed by atoms with van der Waals surface area (Å²) in [7, 11) is 2.93. The van der Waals surface area contributed by atoms with Gasteiger partial charge in [0.05, 0.1) is 31.5 Å². The van der Waals surface area contributed by atoms with Crippen LogP contribution in [0.3, 0.4) is 0 Å². The first-order valence-corrected chi connectivity index (χ1v) is 9.86. The molecule has 2 heterocycles. The molecule has 1 atom stereocenters. The van der Waals surface area contributed by atoms with Crippen LogP contribution in [0, 0.1) is 6.92 Å². The van der Waals surface area contributed by atoms with Crippen molar-refractivity contribution in [1.82, 2.24) is 14.3 Å². The van der Waals surface area contributed by atoms with Crippen molar-refractivity contribution in [3.05, 3.63) is 88.0 Å². The zero-order valence-electron chi connectivity index (χ0n) is 17.8. The summed E-state index contributed by atoms with van der Waals surface area (Å²) in [4.78, 5) is 25.7. The minimum absolute atomic E-state index is 0.138. The number of fused-ring (bicyclic) bond motifs is 1. The van der Waals surface area contributed by atoms with Crippen LogP contribution < -0.4 is 10.3 Å². The molecule has 0 radical (unpaired) electrons. The van der Waals surface area contributed by atoms with Crippen LogP contribution in [-0.2, 0) is 4.74 Å². The second-order valence-electron chi connectivity index (χ2n) is 7.38. The van der Waals surface area contributed by atoms with Crippen molar-refractivity contribution in [2.24, 2.45) is 0 Å². The van der Waals surface area contributed by atoms with Crippen LogP contribution in [0.4, 0.5) is 0 Å². The van der Waals surface area contributed by atoms with Gasteiger partial charge in [0.15, 0.2) is 0 Å². The number of methoxy groups -OCH3 is 2. The molecule has 0 saturated heterocycles. The lowest BCUT2D eigenvalue weighted by Gasteiger charge is -2.19. The number of pyridine rings is 1. The van der Waals surface area contributed by atoms with Crippen LogP contribution in [0.1, 0.15) is 34.5 Å². The number of benzene rings is 2. The fourth-order valence-corrected chi connectivity index (χ4v) is 3.60. The monoisotopic (exact) mass is 417 g/mol. The lowest BCUT2D eigenvalue weighted by Crippen LogP contribution is -2.17. The normalized spacial score (nSPS) is 12.0. The highest BCUT2D eigenvalue weighted by Gasteiger charge is 2.26. The van der Waals surface area contributed by atoms with Gasteiger partial charge >= 0.3 is 5.97 Å². The summed E-state index contributed by atoms with van der Waals surface area (Å²) in [6.07, 6.45) is 3.41. The second kappa shape index (κ2) is 8.10. The Morgan fingerprint density at radius 2 is 1.81 bits per heavy atom. The maximum absolute atomic E-state index is 13.2. The molecule has 0 fully saturated rings. The third kappa shape index (κ3) is 3.70. The maximum atomic E-state index is 13.2. The van der Waals surface area contributed by atoms with Crippen LogP contribution in [0.5, 0.6) is 5.75 Å². The Bertz CT molecular complexity index is 1270. The first-order valence-electron chi connectivity index (χ1n) is 9.86. The van der Waals surface area contributed by atoms with Gasteiger partial charge in [0.1, 0.15) is 17.0 Å². The third-order valence-corrected chi connectivity index (χ3v) is 5.39. The number of aromatic nitrogens is 3. The van der Waals surface area contributed by atoms with Crippen LogP contribution >= 0.6 is 0 Å². The standard InChI is InChI=1S/C24H23N3O4/c1-15-6-5-7-18(12-15)27-23(28)20-13-26(14-21(22(20)25-27)24(29)31-4)16(2)17-8-10-19(30-3)11-9-17/h5-14,16H,1-4H3. The van der Waals surface area contributed by atoms with E-state index in [9.17, 15) is 9.59 Å². The quantitative estimate of drug-likeness (QED) is 0.461. The molecule has 158 valence electrons. The Labute approximate surface area is 179 Å². The van der Waals surface area contributed by atoms with Gasteiger partial charge in [-0.2, -0.15) is 9.78 Å². The number of esters is 1. The molecule has 0 amide bonds. The number of ether oxygens (including phenoxy) is 2. The van der Waals surface area contributed by atoms with E-state index in [-0.39, 0.29) is 17.2 Å². The molecule has 2 aliphatic rings. The van der Waals surface area contributed by atoms with E-state index in [1.807, 2.05) is 66.9 Å². The highest BCUT2D eigenvalue weighted by Crippen LogP contribution is 2.28. The van der Waals surface area contributed by atoms with E-state index >= 15 is 0 Å². The molecule has 0 bridgehead atoms. The molecule has 0 N–H and O–H groups in total. The fourth-order valence-electron chi connectivity index (χ4n) is 3.60. The highest BCUT2D eigenvalue weighted by atomic mass is 16.5. The molecule has 0 saturated carbocycles. The Hall–Kier alpha value is -3.87. The van der Waals surface area contributed by atoms with E-state index in [2.05, 4.69) is 5.10 Å². The van der Waals surface area contributed by atoms with Crippen LogP contribution in [0.2, 0.25) is 0 Å². The summed E-state index contributed by atoms with van der Waals surface area (Å²) in [5, 5.41) is 4.46. The largest absolute Gasteiger partial charge is 0.497 e. The molecular formula is C24H23N3O4. The molecule has 2 aliphatic heterocycles. The second-order valence-corrected chi connectivity index (χ2v) is 7.38. The summed E-state index contributed by atoms with van der Waals surface area (Å²) in [6, 6.07) is 15.0. The van der Waals surface area contributed by atoms with Gasteiger partial charge < -0.3 is 14.0 Å². The number of nitrogens with zero attached hydrogens (tertiary/aromatic N) is 3. The van der Waals surface area contributed by atoms with Gasteiger partial charge in [-0.05, 0) is 49.2 Å². The van der Waals surface area contributed by atoms with E-state index < -0.39 is 5.97 Å². The van der Waals surface area contributed by atoms with Crippen LogP contribution in [0.15, 0.2) is 65.7 Å². The van der Waals surface area contributed by atoms with E-state index in [4.69, 9.17) is 9.47 Å². The Balaban J connectivity index is 1.89. The predicted molar refractivity (Wildman–Crippen MR) is 117 cm³/mol. The molecule has 0 aromatic heterocycles. The summed E-state index contributed by atoms with van der Waals surface area (Å²) in [6.45, 7) is 3.94. The van der Waals surface area contributed by atoms with Crippen LogP contribution in [-0.4, -0.2) is 34.5 Å². The van der Waals surface area contributed by atoms with Crippen molar-refractivity contribution in [2.45, 2.75) is 19.9 Å². The molecule has 2 aromatic rings. The van der Waals surface area contributed by atoms with Gasteiger partial charge in [-0.1, -0.05) is 24.3 Å². The number of hydrogen-bond donors (Lipinski definition) is 0. The summed E-state index contributed by atoms with van der Waals surface area (Å²) < 4.78 is 13.4. The fraction of sp³-hybridized carbons (Fsp3) is 0.208. The van der Waals surface area contributed by atoms with Gasteiger partial charge in [-0.3, -0.25) is 4.79 Å². The molecule has 4 rings (SSSR count). The molecule has 2 aromatic carbocycles. The van der Waals surface area contributed by atoms with Gasteiger partial charge in [0.25, 0.3) is 5.56 Å². The Morgan fingerprint density at radius 3 is 2.45 bits per heavy atom. The first-order chi connectivity index (χ1) is 14.9. The number of aryl methyl sites for hydroxylation is 1. The number of hydrogen-bond acceptors (Lipinski definition) is 5. The summed E-state index contributed by atoms with van der Waals surface area (Å²) in [5.74, 6) is 0.211. The molecular weight excluding hydrogens is 394 g/mol. The average molecular weight is 417 g/mol. The third-order valence-electron chi connectivity index (χ3n) is 5.39. The predicted octanol–water partition coefficient (Wildman–Crippen LogP) is 3.85. The van der Waals surface area contributed by atoms with Crippen molar-refractivity contribution in [3.63, 3.8) is 0 Å². The first kappa shape index (κ1) is 20.4. The van der Waals surface area contributed by atoms with E-state index in [0.29, 0.717) is 16.9 Å². The van der Waals surface area contributed by atoms with E-state index in [0.717, 1.165) is 16.9 Å². The van der Waals surface area contributed by atoms with Crippen molar-refractivity contribution in [2.75, 3.05) is 14.2 Å². The highest BCUT2D eigenvalue weighted by molar-refractivity contribution is 5.96. The van der Waals surface area contributed by atoms with Gasteiger partial charge in [-0.25, -0.2) is 4.79 Å². The molecule has 1 unspecified atom stereocenters. The maximum Gasteiger partial charge on any atom is 0.341 e. The number of rotatable bonds is 5. The Kier molecular flexibility index (Phi) is 5.33. The van der Waals surface area contributed by atoms with Crippen molar-refractivity contribution >= 4 is 5.97 Å². The van der Waals surface area contributed by atoms with Crippen molar-refractivity contribution in [1.29, 1.82) is 0 Å². The van der Waals surface area contributed by atoms with Gasteiger partial charge in [-0.15, -0.1) is 0 Å². The molecule has 0 spiro atoms. The molecule has 7 nitrogen and oxygen atoms in total. The smallest absolute Gasteiger partial charge is 0.341 e. The lowest BCUT2D eigenvalue weighted by molar-refractivity contribution is 0.0600. The molecule has 0 aliphatic carbocycles. The zero-order valence-corrected chi connectivity index (χ0v) is 17.8. The topological polar surface area (TPSA) is 75.3 Å². The van der Waals surface area contributed by atoms with E-state index in [1.54, 1.807) is 19.5 Å². The van der Waals surface area contributed by atoms with Crippen molar-refractivity contribution < 1.29 is 14.3 Å². The molecule has 7 heteroatoms. The SMILES string of the molecule is COC(=O)c1cn(C(C)c2ccc(OC)cc2)cc2c(=O)n(-c3cccc(C)c3)nc1-2. The molecule has 31 heavy (non-hydrogen) atoms. The van der Waals surface area contributed by atoms with Gasteiger partial charge in [0, 0.05) is 12.4 Å². The minimum Gasteiger partial charge on any atom is -0.497 e. The average Bonchev–Trinajstić information content (AvgIpc) is 3.14. The summed E-state index contributed by atoms with van der Waals surface area (Å²) >= 11 is 0. The lowest BCUT2D eigenvalue weighted by atomic mass is 10.1. The Morgan fingerprint density at radius 1 is 1.06 bits per heavy atom. The van der Waals surface area contributed by atoms with E-state index in [1.165, 1.54) is 11.8 Å². The number of carbonyl (C=O) groups excluding carboxylic acids is 1. The van der Waals surface area contributed by atoms with Crippen molar-refractivity contribution in [3.8, 4) is 22.7 Å². The minimum atomic E-state index is -0.546. The zero-order chi connectivity index (χ0) is 22.1.